The van der Waals surface area contributed by atoms with Gasteiger partial charge in [0.05, 0.1) is 12.1 Å². The Bertz CT molecular complexity index is 374. The minimum Gasteiger partial charge on any atom is -0.466 e. The van der Waals surface area contributed by atoms with Crippen molar-refractivity contribution in [2.45, 2.75) is 6.92 Å². The molecular formula is C10H11ClN2O2. The number of carbonyl (C=O) groups excluding carboxylic acids is 1. The number of allylic oxidation sites excluding steroid dienone is 1. The van der Waals surface area contributed by atoms with Gasteiger partial charge in [0.15, 0.2) is 0 Å². The minimum atomic E-state index is -0.408. The molecule has 0 aliphatic rings. The number of carbonyl (C=O) groups is 1. The number of methoxy groups -OCH3 is 1. The molecule has 0 spiro atoms. The topological polar surface area (TPSA) is 51.2 Å². The molecule has 0 aromatic carbocycles. The summed E-state index contributed by atoms with van der Waals surface area (Å²) in [5.41, 5.74) is 0.650. The molecule has 15 heavy (non-hydrogen) atoms. The maximum absolute atomic E-state index is 10.9. The maximum atomic E-state index is 10.9. The highest BCUT2D eigenvalue weighted by molar-refractivity contribution is 6.30. The van der Waals surface area contributed by atoms with Gasteiger partial charge in [0.1, 0.15) is 5.82 Å². The first-order chi connectivity index (χ1) is 7.11. The summed E-state index contributed by atoms with van der Waals surface area (Å²) in [7, 11) is 1.33. The van der Waals surface area contributed by atoms with Gasteiger partial charge in [0.2, 0.25) is 0 Å². The Kier molecular flexibility index (Phi) is 4.12. The van der Waals surface area contributed by atoms with E-state index < -0.39 is 5.97 Å². The van der Waals surface area contributed by atoms with E-state index in [0.29, 0.717) is 16.5 Å². The largest absolute Gasteiger partial charge is 0.466 e. The van der Waals surface area contributed by atoms with E-state index in [1.54, 1.807) is 19.1 Å². The number of aromatic nitrogens is 1. The molecule has 0 saturated heterocycles. The summed E-state index contributed by atoms with van der Waals surface area (Å²) in [4.78, 5) is 14.9. The molecule has 1 N–H and O–H groups in total. The molecule has 1 aromatic heterocycles. The Balaban J connectivity index is 2.66. The lowest BCUT2D eigenvalue weighted by Crippen LogP contribution is -2.02. The predicted molar refractivity (Wildman–Crippen MR) is 58.6 cm³/mol. The van der Waals surface area contributed by atoms with Crippen LogP contribution in [0.2, 0.25) is 5.02 Å². The van der Waals surface area contributed by atoms with Crippen LogP contribution in [0.3, 0.4) is 0 Å². The van der Waals surface area contributed by atoms with Gasteiger partial charge < -0.3 is 10.1 Å². The molecule has 0 amide bonds. The van der Waals surface area contributed by atoms with E-state index in [4.69, 9.17) is 11.6 Å². The molecule has 1 rings (SSSR count). The molecule has 0 aliphatic heterocycles. The van der Waals surface area contributed by atoms with Crippen LogP contribution in [0.15, 0.2) is 30.1 Å². The highest BCUT2D eigenvalue weighted by Gasteiger charge is 1.98. The lowest BCUT2D eigenvalue weighted by atomic mass is 10.4. The summed E-state index contributed by atoms with van der Waals surface area (Å²) in [6.45, 7) is 1.74. The van der Waals surface area contributed by atoms with Crippen LogP contribution in [0.25, 0.3) is 0 Å². The van der Waals surface area contributed by atoms with Gasteiger partial charge in [-0.15, -0.1) is 0 Å². The third kappa shape index (κ3) is 3.99. The van der Waals surface area contributed by atoms with Gasteiger partial charge >= 0.3 is 5.97 Å². The number of ether oxygens (including phenoxy) is 1. The summed E-state index contributed by atoms with van der Waals surface area (Å²) in [6.07, 6.45) is 2.87. The van der Waals surface area contributed by atoms with Crippen LogP contribution in [-0.4, -0.2) is 18.1 Å². The van der Waals surface area contributed by atoms with Crippen molar-refractivity contribution < 1.29 is 9.53 Å². The minimum absolute atomic E-state index is 0.408. The van der Waals surface area contributed by atoms with E-state index in [1.165, 1.54) is 19.4 Å². The first-order valence-corrected chi connectivity index (χ1v) is 4.64. The van der Waals surface area contributed by atoms with Gasteiger partial charge in [0.25, 0.3) is 0 Å². The van der Waals surface area contributed by atoms with Gasteiger partial charge in [-0.05, 0) is 19.1 Å². The molecule has 80 valence electrons. The van der Waals surface area contributed by atoms with Gasteiger partial charge in [-0.1, -0.05) is 11.6 Å². The summed E-state index contributed by atoms with van der Waals surface area (Å²) in [5, 5.41) is 3.49. The highest BCUT2D eigenvalue weighted by atomic mass is 35.5. The van der Waals surface area contributed by atoms with Crippen LogP contribution in [-0.2, 0) is 9.53 Å². The number of halogens is 1. The van der Waals surface area contributed by atoms with E-state index in [-0.39, 0.29) is 0 Å². The van der Waals surface area contributed by atoms with Crippen LogP contribution >= 0.6 is 11.6 Å². The summed E-state index contributed by atoms with van der Waals surface area (Å²) in [6, 6.07) is 3.43. The zero-order chi connectivity index (χ0) is 11.3. The third-order valence-corrected chi connectivity index (χ3v) is 1.81. The molecule has 0 saturated carbocycles. The van der Waals surface area contributed by atoms with Gasteiger partial charge in [-0.3, -0.25) is 0 Å². The van der Waals surface area contributed by atoms with E-state index >= 15 is 0 Å². The zero-order valence-electron chi connectivity index (χ0n) is 8.45. The van der Waals surface area contributed by atoms with Crippen molar-refractivity contribution in [1.82, 2.24) is 4.98 Å². The lowest BCUT2D eigenvalue weighted by molar-refractivity contribution is -0.134. The number of nitrogens with one attached hydrogen (secondary N) is 1. The van der Waals surface area contributed by atoms with Crippen LogP contribution < -0.4 is 5.32 Å². The summed E-state index contributed by atoms with van der Waals surface area (Å²) in [5.74, 6) is 0.214. The first-order valence-electron chi connectivity index (χ1n) is 4.26. The maximum Gasteiger partial charge on any atom is 0.332 e. The Labute approximate surface area is 92.9 Å². The standard InChI is InChI=1S/C10H11ClN2O2/c1-7(5-10(14)15-2)13-9-4-3-8(11)6-12-9/h3-6H,1-2H3,(H,12,13)/b7-5+. The number of hydrogen-bond donors (Lipinski definition) is 1. The molecule has 0 radical (unpaired) electrons. The van der Waals surface area contributed by atoms with Crippen LogP contribution in [0.5, 0.6) is 0 Å². The zero-order valence-corrected chi connectivity index (χ0v) is 9.21. The van der Waals surface area contributed by atoms with Crippen molar-refractivity contribution in [2.75, 3.05) is 12.4 Å². The number of esters is 1. The van der Waals surface area contributed by atoms with Crippen LogP contribution in [0.1, 0.15) is 6.92 Å². The van der Waals surface area contributed by atoms with Crippen molar-refractivity contribution in [3.63, 3.8) is 0 Å². The molecule has 0 bridgehead atoms. The van der Waals surface area contributed by atoms with E-state index in [1.807, 2.05) is 0 Å². The molecule has 1 aromatic rings. The molecular weight excluding hydrogens is 216 g/mol. The Morgan fingerprint density at radius 3 is 2.87 bits per heavy atom. The highest BCUT2D eigenvalue weighted by Crippen LogP contribution is 2.11. The van der Waals surface area contributed by atoms with E-state index in [0.717, 1.165) is 0 Å². The number of pyridine rings is 1. The summed E-state index contributed by atoms with van der Waals surface area (Å²) >= 11 is 5.68. The molecule has 0 aliphatic carbocycles. The number of nitrogens with zero attached hydrogens (tertiary/aromatic N) is 1. The number of anilines is 1. The summed E-state index contributed by atoms with van der Waals surface area (Å²) < 4.78 is 4.48. The fourth-order valence-corrected chi connectivity index (χ4v) is 1.04. The van der Waals surface area contributed by atoms with Crippen LogP contribution in [0, 0.1) is 0 Å². The van der Waals surface area contributed by atoms with Gasteiger partial charge in [-0.25, -0.2) is 9.78 Å². The lowest BCUT2D eigenvalue weighted by Gasteiger charge is -2.04. The Morgan fingerprint density at radius 1 is 1.60 bits per heavy atom. The SMILES string of the molecule is COC(=O)/C=C(\C)Nc1ccc(Cl)cn1. The second kappa shape index (κ2) is 5.36. The molecule has 5 heteroatoms. The number of rotatable bonds is 3. The first kappa shape index (κ1) is 11.5. The van der Waals surface area contributed by atoms with Crippen molar-refractivity contribution in [1.29, 1.82) is 0 Å². The Morgan fingerprint density at radius 2 is 2.33 bits per heavy atom. The monoisotopic (exact) mass is 226 g/mol. The van der Waals surface area contributed by atoms with Gasteiger partial charge in [-0.2, -0.15) is 0 Å². The molecule has 4 nitrogen and oxygen atoms in total. The average molecular weight is 227 g/mol. The quantitative estimate of drug-likeness (QED) is 0.634. The van der Waals surface area contributed by atoms with Crippen LogP contribution in [0.4, 0.5) is 5.82 Å². The Hall–Kier alpha value is -1.55. The normalized spacial score (nSPS) is 11.0. The second-order valence-corrected chi connectivity index (χ2v) is 3.27. The predicted octanol–water partition coefficient (Wildman–Crippen LogP) is 2.22. The van der Waals surface area contributed by atoms with Gasteiger partial charge in [0, 0.05) is 18.0 Å². The smallest absolute Gasteiger partial charge is 0.332 e. The van der Waals surface area contributed by atoms with Crippen molar-refractivity contribution in [3.05, 3.63) is 35.1 Å². The average Bonchev–Trinajstić information content (AvgIpc) is 2.21. The van der Waals surface area contributed by atoms with Crippen molar-refractivity contribution >= 4 is 23.4 Å². The van der Waals surface area contributed by atoms with Crippen molar-refractivity contribution in [3.8, 4) is 0 Å². The molecule has 0 atom stereocenters. The van der Waals surface area contributed by atoms with Crippen molar-refractivity contribution in [2.24, 2.45) is 0 Å². The third-order valence-electron chi connectivity index (χ3n) is 1.59. The molecule has 0 fully saturated rings. The second-order valence-electron chi connectivity index (χ2n) is 2.84. The molecule has 1 heterocycles. The fraction of sp³-hybridized carbons (Fsp3) is 0.200. The van der Waals surface area contributed by atoms with E-state index in [2.05, 4.69) is 15.0 Å². The van der Waals surface area contributed by atoms with E-state index in [9.17, 15) is 4.79 Å². The number of hydrogen-bond acceptors (Lipinski definition) is 4. The molecule has 0 unspecified atom stereocenters. The fourth-order valence-electron chi connectivity index (χ4n) is 0.924.